The third-order valence-corrected chi connectivity index (χ3v) is 5.54. The Morgan fingerprint density at radius 2 is 1.73 bits per heavy atom. The molecule has 3 aromatic rings. The second kappa shape index (κ2) is 8.42. The molecule has 7 heteroatoms. The van der Waals surface area contributed by atoms with Crippen molar-refractivity contribution in [1.82, 2.24) is 24.6 Å². The van der Waals surface area contributed by atoms with Gasteiger partial charge in [0, 0.05) is 38.0 Å². The fourth-order valence-corrected chi connectivity index (χ4v) is 3.88. The predicted octanol–water partition coefficient (Wildman–Crippen LogP) is 3.63. The zero-order valence-electron chi connectivity index (χ0n) is 18.2. The van der Waals surface area contributed by atoms with Crippen molar-refractivity contribution < 1.29 is 4.79 Å². The lowest BCUT2D eigenvalue weighted by atomic mass is 10.2. The number of hydrogen-bond acceptors (Lipinski definition) is 5. The lowest BCUT2D eigenvalue weighted by Gasteiger charge is -2.25. The van der Waals surface area contributed by atoms with E-state index in [-0.39, 0.29) is 17.7 Å². The largest absolute Gasteiger partial charge is 0.354 e. The molecule has 0 bridgehead atoms. The number of anilines is 1. The highest BCUT2D eigenvalue weighted by Gasteiger charge is 2.24. The number of nitrogens with zero attached hydrogens (tertiary/aromatic N) is 6. The molecule has 1 aliphatic rings. The van der Waals surface area contributed by atoms with Gasteiger partial charge < -0.3 is 9.80 Å². The molecule has 30 heavy (non-hydrogen) atoms. The second-order valence-corrected chi connectivity index (χ2v) is 8.51. The number of benzene rings is 1. The second-order valence-electron chi connectivity index (χ2n) is 8.51. The van der Waals surface area contributed by atoms with Gasteiger partial charge in [0.05, 0.1) is 17.3 Å². The van der Waals surface area contributed by atoms with Crippen molar-refractivity contribution in [1.29, 1.82) is 0 Å². The molecule has 0 saturated carbocycles. The molecule has 1 fully saturated rings. The van der Waals surface area contributed by atoms with E-state index in [0.717, 1.165) is 54.4 Å². The number of fused-ring (bicyclic) bond motifs is 1. The minimum absolute atomic E-state index is 0.0268. The normalized spacial score (nSPS) is 15.3. The minimum Gasteiger partial charge on any atom is -0.354 e. The van der Waals surface area contributed by atoms with Crippen molar-refractivity contribution in [3.05, 3.63) is 42.4 Å². The molecular formula is C23H30N6O. The van der Waals surface area contributed by atoms with Crippen molar-refractivity contribution in [3.8, 4) is 5.69 Å². The lowest BCUT2D eigenvalue weighted by Crippen LogP contribution is -2.37. The van der Waals surface area contributed by atoms with Gasteiger partial charge in [-0.15, -0.1) is 0 Å². The summed E-state index contributed by atoms with van der Waals surface area (Å²) in [6.07, 6.45) is 2.79. The van der Waals surface area contributed by atoms with E-state index in [1.807, 2.05) is 60.0 Å². The quantitative estimate of drug-likeness (QED) is 0.662. The maximum atomic E-state index is 12.5. The molecule has 4 rings (SSSR count). The Labute approximate surface area is 177 Å². The van der Waals surface area contributed by atoms with Crippen LogP contribution < -0.4 is 4.90 Å². The summed E-state index contributed by atoms with van der Waals surface area (Å²) in [5.74, 6) is 2.20. The highest BCUT2D eigenvalue weighted by Crippen LogP contribution is 2.28. The van der Waals surface area contributed by atoms with Gasteiger partial charge in [-0.25, -0.2) is 14.6 Å². The van der Waals surface area contributed by atoms with Crippen LogP contribution in [0.4, 0.5) is 5.82 Å². The minimum atomic E-state index is 0.0268. The van der Waals surface area contributed by atoms with Crippen LogP contribution in [0, 0.1) is 5.92 Å². The van der Waals surface area contributed by atoms with E-state index in [2.05, 4.69) is 23.8 Å². The fraction of sp³-hybridized carbons (Fsp3) is 0.478. The molecular weight excluding hydrogens is 376 g/mol. The van der Waals surface area contributed by atoms with Crippen molar-refractivity contribution in [2.75, 3.05) is 31.1 Å². The average molecular weight is 407 g/mol. The van der Waals surface area contributed by atoms with Crippen LogP contribution in [-0.4, -0.2) is 56.7 Å². The van der Waals surface area contributed by atoms with Gasteiger partial charge in [0.1, 0.15) is 11.6 Å². The molecule has 1 amide bonds. The molecule has 3 heterocycles. The molecule has 1 aromatic carbocycles. The molecule has 1 saturated heterocycles. The maximum absolute atomic E-state index is 12.5. The van der Waals surface area contributed by atoms with E-state index in [1.54, 1.807) is 0 Å². The van der Waals surface area contributed by atoms with Crippen LogP contribution in [0.15, 0.2) is 36.5 Å². The summed E-state index contributed by atoms with van der Waals surface area (Å²) in [4.78, 5) is 26.5. The first kappa shape index (κ1) is 20.3. The first-order valence-electron chi connectivity index (χ1n) is 10.8. The summed E-state index contributed by atoms with van der Waals surface area (Å²) in [7, 11) is 0. The smallest absolute Gasteiger partial charge is 0.225 e. The Morgan fingerprint density at radius 3 is 2.43 bits per heavy atom. The molecule has 1 aliphatic heterocycles. The summed E-state index contributed by atoms with van der Waals surface area (Å²) in [5, 5.41) is 5.59. The van der Waals surface area contributed by atoms with E-state index < -0.39 is 0 Å². The molecule has 0 atom stereocenters. The standard InChI is InChI=1S/C23H30N6O/c1-16(2)20-25-21(27-11-8-12-28(14-13-27)23(30)17(3)4)19-15-24-29(22(19)26-20)18-9-6-5-7-10-18/h5-7,9-10,15-17H,8,11-14H2,1-4H3. The zero-order chi connectivity index (χ0) is 21.3. The van der Waals surface area contributed by atoms with Gasteiger partial charge in [0.15, 0.2) is 5.65 Å². The average Bonchev–Trinajstić information content (AvgIpc) is 3.02. The monoisotopic (exact) mass is 406 g/mol. The first-order valence-corrected chi connectivity index (χ1v) is 10.8. The van der Waals surface area contributed by atoms with Gasteiger partial charge >= 0.3 is 0 Å². The van der Waals surface area contributed by atoms with Crippen LogP contribution in [0.25, 0.3) is 16.7 Å². The molecule has 7 nitrogen and oxygen atoms in total. The SMILES string of the molecule is CC(C)C(=O)N1CCCN(c2nc(C(C)C)nc3c2cnn3-c2ccccc2)CC1. The summed E-state index contributed by atoms with van der Waals surface area (Å²) < 4.78 is 1.89. The summed E-state index contributed by atoms with van der Waals surface area (Å²) in [5.41, 5.74) is 1.81. The fourth-order valence-electron chi connectivity index (χ4n) is 3.88. The van der Waals surface area contributed by atoms with E-state index in [1.165, 1.54) is 0 Å². The van der Waals surface area contributed by atoms with Crippen LogP contribution in [0.1, 0.15) is 45.9 Å². The number of carbonyl (C=O) groups excluding carboxylic acids is 1. The van der Waals surface area contributed by atoms with Gasteiger partial charge in [-0.05, 0) is 18.6 Å². The number of para-hydroxylation sites is 1. The predicted molar refractivity (Wildman–Crippen MR) is 119 cm³/mol. The summed E-state index contributed by atoms with van der Waals surface area (Å²) in [6.45, 7) is 11.3. The molecule has 0 spiro atoms. The number of rotatable bonds is 4. The Morgan fingerprint density at radius 1 is 0.967 bits per heavy atom. The number of hydrogen-bond donors (Lipinski definition) is 0. The van der Waals surface area contributed by atoms with Crippen LogP contribution in [0.5, 0.6) is 0 Å². The number of amides is 1. The third-order valence-electron chi connectivity index (χ3n) is 5.54. The zero-order valence-corrected chi connectivity index (χ0v) is 18.2. The van der Waals surface area contributed by atoms with Crippen molar-refractivity contribution in [3.63, 3.8) is 0 Å². The van der Waals surface area contributed by atoms with Crippen LogP contribution >= 0.6 is 0 Å². The number of carbonyl (C=O) groups is 1. The Balaban J connectivity index is 1.73. The molecule has 0 radical (unpaired) electrons. The molecule has 0 aliphatic carbocycles. The van der Waals surface area contributed by atoms with Crippen molar-refractivity contribution in [2.24, 2.45) is 5.92 Å². The van der Waals surface area contributed by atoms with E-state index >= 15 is 0 Å². The van der Waals surface area contributed by atoms with Crippen molar-refractivity contribution >= 4 is 22.8 Å². The van der Waals surface area contributed by atoms with Gasteiger partial charge in [0.2, 0.25) is 5.91 Å². The van der Waals surface area contributed by atoms with Gasteiger partial charge in [0.25, 0.3) is 0 Å². The Hall–Kier alpha value is -2.96. The van der Waals surface area contributed by atoms with Crippen LogP contribution in [0.3, 0.4) is 0 Å². The molecule has 0 N–H and O–H groups in total. The highest BCUT2D eigenvalue weighted by molar-refractivity contribution is 5.88. The van der Waals surface area contributed by atoms with Gasteiger partial charge in [-0.2, -0.15) is 5.10 Å². The Kier molecular flexibility index (Phi) is 5.70. The first-order chi connectivity index (χ1) is 14.5. The van der Waals surface area contributed by atoms with E-state index in [4.69, 9.17) is 9.97 Å². The topological polar surface area (TPSA) is 67.2 Å². The Bertz CT molecular complexity index is 1030. The number of aromatic nitrogens is 4. The molecule has 158 valence electrons. The van der Waals surface area contributed by atoms with Gasteiger partial charge in [-0.3, -0.25) is 4.79 Å². The summed E-state index contributed by atoms with van der Waals surface area (Å²) in [6, 6.07) is 10.1. The highest BCUT2D eigenvalue weighted by atomic mass is 16.2. The molecule has 0 unspecified atom stereocenters. The van der Waals surface area contributed by atoms with E-state index in [0.29, 0.717) is 6.54 Å². The third kappa shape index (κ3) is 3.88. The maximum Gasteiger partial charge on any atom is 0.225 e. The van der Waals surface area contributed by atoms with Crippen LogP contribution in [-0.2, 0) is 4.79 Å². The lowest BCUT2D eigenvalue weighted by molar-refractivity contribution is -0.134. The summed E-state index contributed by atoms with van der Waals surface area (Å²) >= 11 is 0. The van der Waals surface area contributed by atoms with Gasteiger partial charge in [-0.1, -0.05) is 45.9 Å². The van der Waals surface area contributed by atoms with Crippen molar-refractivity contribution in [2.45, 2.75) is 40.0 Å². The van der Waals surface area contributed by atoms with Crippen LogP contribution in [0.2, 0.25) is 0 Å². The van der Waals surface area contributed by atoms with E-state index in [9.17, 15) is 4.79 Å². The molecule has 2 aromatic heterocycles.